The number of aromatic nitrogens is 1. The van der Waals surface area contributed by atoms with Crippen LogP contribution in [0.2, 0.25) is 0 Å². The molecular formula is C22H40IN5O. The molecule has 2 rings (SSSR count). The van der Waals surface area contributed by atoms with E-state index >= 15 is 0 Å². The van der Waals surface area contributed by atoms with Crippen molar-refractivity contribution in [1.82, 2.24) is 15.6 Å². The third kappa shape index (κ3) is 10.5. The van der Waals surface area contributed by atoms with Gasteiger partial charge in [0.1, 0.15) is 5.82 Å². The number of rotatable bonds is 10. The summed E-state index contributed by atoms with van der Waals surface area (Å²) in [7, 11) is 0. The molecule has 1 aliphatic heterocycles. The van der Waals surface area contributed by atoms with Crippen molar-refractivity contribution >= 4 is 35.8 Å². The first-order valence-electron chi connectivity index (χ1n) is 10.9. The van der Waals surface area contributed by atoms with Gasteiger partial charge in [-0.2, -0.15) is 0 Å². The van der Waals surface area contributed by atoms with Gasteiger partial charge in [0.15, 0.2) is 5.96 Å². The second-order valence-corrected chi connectivity index (χ2v) is 8.14. The largest absolute Gasteiger partial charge is 0.381 e. The lowest BCUT2D eigenvalue weighted by molar-refractivity contribution is 0.108. The molecule has 6 nitrogen and oxygen atoms in total. The molecule has 0 radical (unpaired) electrons. The van der Waals surface area contributed by atoms with Gasteiger partial charge in [-0.25, -0.2) is 9.98 Å². The lowest BCUT2D eigenvalue weighted by Crippen LogP contribution is -2.38. The fourth-order valence-electron chi connectivity index (χ4n) is 3.15. The average molecular weight is 518 g/mol. The zero-order chi connectivity index (χ0) is 20.2. The minimum absolute atomic E-state index is 0. The Labute approximate surface area is 194 Å². The summed E-state index contributed by atoms with van der Waals surface area (Å²) in [6, 6.07) is 4.28. The minimum Gasteiger partial charge on any atom is -0.381 e. The van der Waals surface area contributed by atoms with Gasteiger partial charge in [-0.3, -0.25) is 0 Å². The maximum atomic E-state index is 5.62. The van der Waals surface area contributed by atoms with Crippen molar-refractivity contribution < 1.29 is 4.74 Å². The highest BCUT2D eigenvalue weighted by Gasteiger charge is 2.16. The number of nitrogens with one attached hydrogen (secondary N) is 2. The van der Waals surface area contributed by atoms with Crippen LogP contribution in [0.1, 0.15) is 52.5 Å². The van der Waals surface area contributed by atoms with Crippen LogP contribution in [0.25, 0.3) is 0 Å². The number of anilines is 1. The van der Waals surface area contributed by atoms with Gasteiger partial charge in [0.25, 0.3) is 0 Å². The molecule has 2 N–H and O–H groups in total. The Morgan fingerprint density at radius 3 is 2.66 bits per heavy atom. The molecule has 0 aromatic carbocycles. The van der Waals surface area contributed by atoms with Gasteiger partial charge >= 0.3 is 0 Å². The van der Waals surface area contributed by atoms with Crippen LogP contribution >= 0.6 is 24.0 Å². The summed E-state index contributed by atoms with van der Waals surface area (Å²) in [5, 5.41) is 6.68. The molecule has 0 amide bonds. The molecule has 0 atom stereocenters. The first-order chi connectivity index (χ1) is 13.6. The van der Waals surface area contributed by atoms with Crippen molar-refractivity contribution in [1.29, 1.82) is 0 Å². The molecule has 1 fully saturated rings. The lowest BCUT2D eigenvalue weighted by atomic mass is 9.99. The smallest absolute Gasteiger partial charge is 0.191 e. The van der Waals surface area contributed by atoms with Crippen molar-refractivity contribution in [2.24, 2.45) is 16.8 Å². The third-order valence-corrected chi connectivity index (χ3v) is 4.89. The summed E-state index contributed by atoms with van der Waals surface area (Å²) in [6.07, 6.45) is 5.45. The van der Waals surface area contributed by atoms with Gasteiger partial charge in [-0.1, -0.05) is 26.8 Å². The predicted octanol–water partition coefficient (Wildman–Crippen LogP) is 4.05. The van der Waals surface area contributed by atoms with Crippen LogP contribution in [0.4, 0.5) is 5.82 Å². The highest BCUT2D eigenvalue weighted by Crippen LogP contribution is 2.21. The monoisotopic (exact) mass is 517 g/mol. The van der Waals surface area contributed by atoms with E-state index < -0.39 is 0 Å². The molecule has 1 aliphatic rings. The van der Waals surface area contributed by atoms with E-state index in [1.54, 1.807) is 0 Å². The zero-order valence-electron chi connectivity index (χ0n) is 18.6. The predicted molar refractivity (Wildman–Crippen MR) is 133 cm³/mol. The summed E-state index contributed by atoms with van der Waals surface area (Å²) in [4.78, 5) is 11.7. The number of hydrogen-bond donors (Lipinski definition) is 2. The van der Waals surface area contributed by atoms with Gasteiger partial charge in [0, 0.05) is 45.6 Å². The quantitative estimate of drug-likeness (QED) is 0.212. The Balaban J connectivity index is 0.00000420. The van der Waals surface area contributed by atoms with Gasteiger partial charge in [0.2, 0.25) is 0 Å². The Morgan fingerprint density at radius 1 is 1.28 bits per heavy atom. The van der Waals surface area contributed by atoms with E-state index in [1.165, 1.54) is 12.8 Å². The number of ether oxygens (including phenoxy) is 1. The van der Waals surface area contributed by atoms with E-state index in [1.807, 2.05) is 6.20 Å². The molecule has 1 aromatic rings. The molecular weight excluding hydrogens is 477 g/mol. The SMILES string of the molecule is CCNC(=NCc1ccc(N2CCC(C)CC2)nc1)NCCCOCC(C)C.I. The molecule has 0 spiro atoms. The summed E-state index contributed by atoms with van der Waals surface area (Å²) < 4.78 is 5.62. The fourth-order valence-corrected chi connectivity index (χ4v) is 3.15. The third-order valence-electron chi connectivity index (χ3n) is 4.89. The fraction of sp³-hybridized carbons (Fsp3) is 0.727. The maximum absolute atomic E-state index is 5.62. The molecule has 0 saturated carbocycles. The number of guanidine groups is 1. The number of hydrogen-bond acceptors (Lipinski definition) is 4. The number of halogens is 1. The van der Waals surface area contributed by atoms with E-state index in [0.29, 0.717) is 12.5 Å². The number of pyridine rings is 1. The first-order valence-corrected chi connectivity index (χ1v) is 10.9. The topological polar surface area (TPSA) is 61.8 Å². The van der Waals surface area contributed by atoms with E-state index in [4.69, 9.17) is 4.74 Å². The molecule has 0 unspecified atom stereocenters. The first kappa shape index (κ1) is 25.9. The standard InChI is InChI=1S/C22H39N5O.HI/c1-5-23-22(24-11-6-14-28-17-18(2)3)26-16-20-7-8-21(25-15-20)27-12-9-19(4)10-13-27;/h7-8,15,18-19H,5-6,9-14,16-17H2,1-4H3,(H2,23,24,26);1H. The lowest BCUT2D eigenvalue weighted by Gasteiger charge is -2.31. The van der Waals surface area contributed by atoms with Crippen LogP contribution in [-0.2, 0) is 11.3 Å². The van der Waals surface area contributed by atoms with Crippen LogP contribution < -0.4 is 15.5 Å². The summed E-state index contributed by atoms with van der Waals surface area (Å²) in [5.74, 6) is 3.36. The molecule has 0 aliphatic carbocycles. The van der Waals surface area contributed by atoms with Crippen LogP contribution in [0.5, 0.6) is 0 Å². The van der Waals surface area contributed by atoms with Crippen molar-refractivity contribution in [3.63, 3.8) is 0 Å². The van der Waals surface area contributed by atoms with Gasteiger partial charge < -0.3 is 20.3 Å². The van der Waals surface area contributed by atoms with E-state index in [2.05, 4.69) is 65.3 Å². The molecule has 29 heavy (non-hydrogen) atoms. The highest BCUT2D eigenvalue weighted by atomic mass is 127. The Hall–Kier alpha value is -1.09. The minimum atomic E-state index is 0. The molecule has 1 saturated heterocycles. The molecule has 1 aromatic heterocycles. The van der Waals surface area contributed by atoms with Crippen LogP contribution in [-0.4, -0.2) is 50.3 Å². The number of aliphatic imine (C=N–C) groups is 1. The second-order valence-electron chi connectivity index (χ2n) is 8.14. The number of piperidine rings is 1. The summed E-state index contributed by atoms with van der Waals surface area (Å²) in [5.41, 5.74) is 1.13. The van der Waals surface area contributed by atoms with Crippen molar-refractivity contribution in [2.75, 3.05) is 44.3 Å². The molecule has 7 heteroatoms. The zero-order valence-corrected chi connectivity index (χ0v) is 20.9. The van der Waals surface area contributed by atoms with Gasteiger partial charge in [-0.05, 0) is 49.7 Å². The number of nitrogens with zero attached hydrogens (tertiary/aromatic N) is 3. The molecule has 2 heterocycles. The summed E-state index contributed by atoms with van der Waals surface area (Å²) >= 11 is 0. The Morgan fingerprint density at radius 2 is 2.03 bits per heavy atom. The van der Waals surface area contributed by atoms with Gasteiger partial charge in [0.05, 0.1) is 6.54 Å². The highest BCUT2D eigenvalue weighted by molar-refractivity contribution is 14.0. The average Bonchev–Trinajstić information content (AvgIpc) is 2.69. The Kier molecular flexibility index (Phi) is 13.3. The van der Waals surface area contributed by atoms with Crippen molar-refractivity contribution in [3.05, 3.63) is 23.9 Å². The van der Waals surface area contributed by atoms with Crippen LogP contribution in [0.3, 0.4) is 0 Å². The Bertz CT molecular complexity index is 571. The maximum Gasteiger partial charge on any atom is 0.191 e. The van der Waals surface area contributed by atoms with E-state index in [9.17, 15) is 0 Å². The van der Waals surface area contributed by atoms with Crippen molar-refractivity contribution in [2.45, 2.75) is 53.5 Å². The van der Waals surface area contributed by atoms with E-state index in [-0.39, 0.29) is 24.0 Å². The van der Waals surface area contributed by atoms with E-state index in [0.717, 1.165) is 69.1 Å². The molecule has 0 bridgehead atoms. The van der Waals surface area contributed by atoms with Crippen LogP contribution in [0.15, 0.2) is 23.3 Å². The normalized spacial score (nSPS) is 15.3. The van der Waals surface area contributed by atoms with Gasteiger partial charge in [-0.15, -0.1) is 24.0 Å². The molecule has 166 valence electrons. The van der Waals surface area contributed by atoms with Crippen molar-refractivity contribution in [3.8, 4) is 0 Å². The summed E-state index contributed by atoms with van der Waals surface area (Å²) in [6.45, 7) is 14.9. The van der Waals surface area contributed by atoms with Crippen LogP contribution in [0, 0.1) is 11.8 Å². The second kappa shape index (κ2) is 14.8.